The topological polar surface area (TPSA) is 88.9 Å². The van der Waals surface area contributed by atoms with Crippen molar-refractivity contribution in [3.8, 4) is 11.5 Å². The molecule has 2 aromatic carbocycles. The van der Waals surface area contributed by atoms with E-state index in [4.69, 9.17) is 19.7 Å². The molecule has 45 heavy (non-hydrogen) atoms. The molecule has 0 bridgehead atoms. The molecule has 3 aliphatic rings. The predicted molar refractivity (Wildman–Crippen MR) is 173 cm³/mol. The highest BCUT2D eigenvalue weighted by Gasteiger charge is 2.32. The zero-order valence-corrected chi connectivity index (χ0v) is 27.2. The lowest BCUT2D eigenvalue weighted by Crippen LogP contribution is -2.38. The number of carboxylic acid groups (broad SMARTS) is 1. The summed E-state index contributed by atoms with van der Waals surface area (Å²) in [4.78, 5) is 13.0. The summed E-state index contributed by atoms with van der Waals surface area (Å²) >= 11 is 0. The van der Waals surface area contributed by atoms with Gasteiger partial charge in [-0.05, 0) is 112 Å². The van der Waals surface area contributed by atoms with Gasteiger partial charge >= 0.3 is 5.97 Å². The van der Waals surface area contributed by atoms with E-state index in [2.05, 4.69) is 46.1 Å². The number of benzene rings is 2. The zero-order valence-electron chi connectivity index (χ0n) is 27.2. The molecule has 2 aliphatic heterocycles. The fourth-order valence-corrected chi connectivity index (χ4v) is 7.33. The van der Waals surface area contributed by atoms with Gasteiger partial charge in [0.05, 0.1) is 5.69 Å². The number of hydrogen-bond donors (Lipinski definition) is 2. The van der Waals surface area contributed by atoms with Crippen LogP contribution in [0.1, 0.15) is 87.2 Å². The Morgan fingerprint density at radius 1 is 1.07 bits per heavy atom. The van der Waals surface area contributed by atoms with Gasteiger partial charge < -0.3 is 24.8 Å². The van der Waals surface area contributed by atoms with Crippen LogP contribution in [0, 0.1) is 17.7 Å². The Labute approximate surface area is 266 Å². The lowest BCUT2D eigenvalue weighted by molar-refractivity contribution is -0.140. The molecule has 1 aliphatic carbocycles. The van der Waals surface area contributed by atoms with Crippen LogP contribution in [0.5, 0.6) is 11.5 Å². The van der Waals surface area contributed by atoms with E-state index < -0.39 is 12.0 Å². The molecule has 2 unspecified atom stereocenters. The van der Waals surface area contributed by atoms with Crippen molar-refractivity contribution in [3.05, 3.63) is 76.9 Å². The minimum absolute atomic E-state index is 0.107. The second kappa shape index (κ2) is 15.2. The van der Waals surface area contributed by atoms with E-state index in [0.717, 1.165) is 49.8 Å². The maximum Gasteiger partial charge on any atom is 0.320 e. The van der Waals surface area contributed by atoms with Crippen molar-refractivity contribution in [2.75, 3.05) is 33.5 Å². The highest BCUT2D eigenvalue weighted by molar-refractivity contribution is 5.73. The van der Waals surface area contributed by atoms with Crippen molar-refractivity contribution in [1.29, 1.82) is 0 Å². The number of fused-ring (bicyclic) bond motifs is 1. The number of nitrogens with zero attached hydrogens (tertiary/aromatic N) is 3. The summed E-state index contributed by atoms with van der Waals surface area (Å²) in [6, 6.07) is 15.4. The van der Waals surface area contributed by atoms with Gasteiger partial charge in [-0.25, -0.2) is 4.39 Å². The second-order valence-corrected chi connectivity index (χ2v) is 13.0. The highest BCUT2D eigenvalue weighted by Crippen LogP contribution is 2.41. The average Bonchev–Trinajstić information content (AvgIpc) is 3.78. The molecule has 3 aromatic rings. The summed E-state index contributed by atoms with van der Waals surface area (Å²) in [7, 11) is 1.65. The van der Waals surface area contributed by atoms with E-state index in [1.54, 1.807) is 19.2 Å². The number of likely N-dealkylation sites (tertiary alicyclic amines) is 1. The summed E-state index contributed by atoms with van der Waals surface area (Å²) in [5, 5.41) is 16.1. The van der Waals surface area contributed by atoms with Crippen molar-refractivity contribution >= 4 is 5.97 Å². The molecule has 2 fully saturated rings. The summed E-state index contributed by atoms with van der Waals surface area (Å²) < 4.78 is 27.0. The normalized spacial score (nSPS) is 20.7. The minimum Gasteiger partial charge on any atom is -0.480 e. The van der Waals surface area contributed by atoms with Crippen molar-refractivity contribution in [3.63, 3.8) is 0 Å². The van der Waals surface area contributed by atoms with Crippen LogP contribution in [0.25, 0.3) is 0 Å². The third kappa shape index (κ3) is 8.24. The van der Waals surface area contributed by atoms with Gasteiger partial charge in [0.1, 0.15) is 11.9 Å². The van der Waals surface area contributed by atoms with Gasteiger partial charge in [0.2, 0.25) is 6.79 Å². The first-order chi connectivity index (χ1) is 21.7. The van der Waals surface area contributed by atoms with Gasteiger partial charge in [-0.3, -0.25) is 9.48 Å². The largest absolute Gasteiger partial charge is 0.480 e. The molecule has 9 heteroatoms. The fourth-order valence-electron chi connectivity index (χ4n) is 7.33. The Morgan fingerprint density at radius 3 is 2.51 bits per heavy atom. The number of aromatic nitrogens is 2. The van der Waals surface area contributed by atoms with Gasteiger partial charge in [-0.2, -0.15) is 5.10 Å². The number of piperidine rings is 1. The Morgan fingerprint density at radius 2 is 1.84 bits per heavy atom. The van der Waals surface area contributed by atoms with E-state index in [1.165, 1.54) is 48.9 Å². The molecule has 3 heterocycles. The maximum atomic E-state index is 13.8. The summed E-state index contributed by atoms with van der Waals surface area (Å²) in [6.45, 7) is 10.5. The number of likely N-dealkylation sites (N-methyl/N-ethyl adjacent to an activating group) is 1. The average molecular weight is 621 g/mol. The summed E-state index contributed by atoms with van der Waals surface area (Å²) in [6.07, 6.45) is 6.85. The molecule has 0 spiro atoms. The molecule has 8 nitrogen and oxygen atoms in total. The van der Waals surface area contributed by atoms with Gasteiger partial charge in [-0.15, -0.1) is 0 Å². The number of carbonyl (C=O) groups is 1. The minimum atomic E-state index is -0.785. The molecule has 1 saturated carbocycles. The molecule has 1 saturated heterocycles. The molecular formula is C36H49FN4O4. The first-order valence-electron chi connectivity index (χ1n) is 16.6. The second-order valence-electron chi connectivity index (χ2n) is 13.0. The number of aryl methyl sites for hydroxylation is 1. The van der Waals surface area contributed by atoms with E-state index in [-0.39, 0.29) is 11.7 Å². The van der Waals surface area contributed by atoms with E-state index >= 15 is 0 Å². The quantitative estimate of drug-likeness (QED) is 0.270. The molecule has 244 valence electrons. The van der Waals surface area contributed by atoms with Crippen molar-refractivity contribution in [1.82, 2.24) is 20.0 Å². The van der Waals surface area contributed by atoms with Crippen LogP contribution in [0.4, 0.5) is 4.39 Å². The van der Waals surface area contributed by atoms with Gasteiger partial charge in [-0.1, -0.05) is 38.5 Å². The lowest BCUT2D eigenvalue weighted by atomic mass is 9.87. The van der Waals surface area contributed by atoms with Crippen LogP contribution >= 0.6 is 0 Å². The molecule has 6 rings (SSSR count). The monoisotopic (exact) mass is 620 g/mol. The van der Waals surface area contributed by atoms with Crippen LogP contribution in [-0.4, -0.2) is 65.3 Å². The lowest BCUT2D eigenvalue weighted by Gasteiger charge is -2.35. The van der Waals surface area contributed by atoms with Crippen LogP contribution in [-0.2, 0) is 17.8 Å². The van der Waals surface area contributed by atoms with Crippen LogP contribution in [0.3, 0.4) is 0 Å². The number of aliphatic carboxylic acids is 1. The first kappa shape index (κ1) is 32.9. The standard InChI is InChI=1S/C30H36FN3O2.C6H13NO2/c1-2-34-28(18-26(32-34)15-21-9-10-29-30(16-21)36-20-35-29)22-11-13-33(14-12-22)19-24-6-4-8-27(24)23-5-3-7-25(31)17-23;1-4(2)5(7-3)6(8)9/h3,5,7,9-10,16-18,22,24,27H,2,4,6,8,11-15,19-20H2,1H3;4-5,7H,1-3H3,(H,8,9)/t24?,27-;/m1./s1. The number of halogens is 1. The van der Waals surface area contributed by atoms with E-state index in [0.29, 0.717) is 24.5 Å². The Bertz CT molecular complexity index is 1420. The SMILES string of the molecule is CCn1nc(Cc2ccc3c(c2)OCO3)cc1C1CCN(CC2CCC[C@@H]2c2cccc(F)c2)CC1.CNC(C(=O)O)C(C)C. The first-order valence-corrected chi connectivity index (χ1v) is 16.6. The van der Waals surface area contributed by atoms with Gasteiger partial charge in [0.15, 0.2) is 11.5 Å². The van der Waals surface area contributed by atoms with Crippen molar-refractivity contribution in [2.24, 2.45) is 11.8 Å². The van der Waals surface area contributed by atoms with E-state index in [9.17, 15) is 9.18 Å². The Hall–Kier alpha value is -3.43. The van der Waals surface area contributed by atoms with Crippen molar-refractivity contribution in [2.45, 2.75) is 83.7 Å². The molecule has 0 radical (unpaired) electrons. The van der Waals surface area contributed by atoms with Gasteiger partial charge in [0, 0.05) is 31.1 Å². The number of hydrogen-bond acceptors (Lipinski definition) is 6. The predicted octanol–water partition coefficient (Wildman–Crippen LogP) is 6.44. The third-order valence-corrected chi connectivity index (χ3v) is 9.66. The molecule has 1 aromatic heterocycles. The molecule has 2 N–H and O–H groups in total. The Balaban J connectivity index is 0.000000390. The number of nitrogens with one attached hydrogen (secondary N) is 1. The maximum absolute atomic E-state index is 13.8. The zero-order chi connectivity index (χ0) is 31.9. The molecular weight excluding hydrogens is 571 g/mol. The number of carboxylic acids is 1. The number of rotatable bonds is 10. The van der Waals surface area contributed by atoms with Crippen molar-refractivity contribution < 1.29 is 23.8 Å². The summed E-state index contributed by atoms with van der Waals surface area (Å²) in [5.41, 5.74) is 4.89. The van der Waals surface area contributed by atoms with Crippen LogP contribution < -0.4 is 14.8 Å². The third-order valence-electron chi connectivity index (χ3n) is 9.66. The fraction of sp³-hybridized carbons (Fsp3) is 0.556. The van der Waals surface area contributed by atoms with Gasteiger partial charge in [0.25, 0.3) is 0 Å². The van der Waals surface area contributed by atoms with Crippen LogP contribution in [0.2, 0.25) is 0 Å². The van der Waals surface area contributed by atoms with E-state index in [1.807, 2.05) is 26.0 Å². The molecule has 3 atom stereocenters. The molecule has 0 amide bonds. The Kier molecular flexibility index (Phi) is 11.2. The highest BCUT2D eigenvalue weighted by atomic mass is 19.1. The van der Waals surface area contributed by atoms with Crippen LogP contribution in [0.15, 0.2) is 48.5 Å². The summed E-state index contributed by atoms with van der Waals surface area (Å²) in [5.74, 6) is 2.60. The number of ether oxygens (including phenoxy) is 2. The smallest absolute Gasteiger partial charge is 0.320 e.